The van der Waals surface area contributed by atoms with Crippen molar-refractivity contribution in [3.05, 3.63) is 34.6 Å². The highest BCUT2D eigenvalue weighted by molar-refractivity contribution is 6.31. The molecule has 1 fully saturated rings. The van der Waals surface area contributed by atoms with Crippen LogP contribution in [0.5, 0.6) is 0 Å². The predicted octanol–water partition coefficient (Wildman–Crippen LogP) is 4.14. The average Bonchev–Trinajstić information content (AvgIpc) is 2.34. The minimum atomic E-state index is -0.207. The summed E-state index contributed by atoms with van der Waals surface area (Å²) < 4.78 is 13.2. The summed E-state index contributed by atoms with van der Waals surface area (Å²) in [6, 6.07) is 4.62. The topological polar surface area (TPSA) is 20.2 Å². The van der Waals surface area contributed by atoms with Gasteiger partial charge in [-0.25, -0.2) is 4.39 Å². The molecule has 0 bridgehead atoms. The number of aliphatic hydroxyl groups is 1. The molecule has 1 saturated carbocycles. The summed E-state index contributed by atoms with van der Waals surface area (Å²) in [5.74, 6) is 0.804. The maximum Gasteiger partial charge on any atom is 0.123 e. The highest BCUT2D eigenvalue weighted by Crippen LogP contribution is 2.39. The minimum Gasteiger partial charge on any atom is -0.396 e. The van der Waals surface area contributed by atoms with Gasteiger partial charge in [-0.3, -0.25) is 0 Å². The van der Waals surface area contributed by atoms with Gasteiger partial charge in [-0.05, 0) is 67.7 Å². The molecule has 1 N–H and O–H groups in total. The van der Waals surface area contributed by atoms with Crippen LogP contribution in [-0.2, 0) is 0 Å². The third kappa shape index (κ3) is 3.20. The van der Waals surface area contributed by atoms with Crippen molar-refractivity contribution < 1.29 is 9.50 Å². The van der Waals surface area contributed by atoms with E-state index in [1.54, 1.807) is 12.1 Å². The van der Waals surface area contributed by atoms with Gasteiger partial charge in [-0.2, -0.15) is 0 Å². The van der Waals surface area contributed by atoms with Crippen LogP contribution in [0, 0.1) is 11.7 Å². The molecule has 0 amide bonds. The van der Waals surface area contributed by atoms with Crippen molar-refractivity contribution in [3.63, 3.8) is 0 Å². The largest absolute Gasteiger partial charge is 0.396 e. The Bertz CT molecular complexity index is 372. The summed E-state index contributed by atoms with van der Waals surface area (Å²) in [5, 5.41) is 9.59. The summed E-state index contributed by atoms with van der Waals surface area (Å²) in [4.78, 5) is 0. The van der Waals surface area contributed by atoms with Crippen molar-refractivity contribution in [2.24, 2.45) is 5.92 Å². The molecule has 0 aromatic heterocycles. The number of rotatable bonds is 3. The first kappa shape index (κ1) is 12.8. The zero-order chi connectivity index (χ0) is 12.3. The second kappa shape index (κ2) is 5.83. The molecule has 1 aromatic carbocycles. The molecule has 94 valence electrons. The van der Waals surface area contributed by atoms with E-state index < -0.39 is 0 Å². The van der Waals surface area contributed by atoms with Crippen LogP contribution < -0.4 is 0 Å². The third-order valence-corrected chi connectivity index (χ3v) is 4.13. The number of hydrogen-bond donors (Lipinski definition) is 1. The molecule has 1 aliphatic rings. The Morgan fingerprint density at radius 1 is 1.24 bits per heavy atom. The standard InChI is InChI=1S/C14H18ClFO/c15-14-6-5-12(16)9-13(14)11-3-1-10(2-4-11)7-8-17/h5-6,9-11,17H,1-4,7-8H2. The summed E-state index contributed by atoms with van der Waals surface area (Å²) >= 11 is 6.12. The molecule has 0 atom stereocenters. The first-order valence-electron chi connectivity index (χ1n) is 6.26. The molecule has 1 aromatic rings. The first-order valence-corrected chi connectivity index (χ1v) is 6.64. The van der Waals surface area contributed by atoms with Crippen LogP contribution in [0.3, 0.4) is 0 Å². The molecule has 0 heterocycles. The lowest BCUT2D eigenvalue weighted by atomic mass is 9.77. The van der Waals surface area contributed by atoms with E-state index in [2.05, 4.69) is 0 Å². The minimum absolute atomic E-state index is 0.207. The Labute approximate surface area is 107 Å². The zero-order valence-corrected chi connectivity index (χ0v) is 10.6. The Kier molecular flexibility index (Phi) is 4.41. The molecule has 1 aliphatic carbocycles. The Hall–Kier alpha value is -0.600. The molecule has 2 rings (SSSR count). The molecule has 0 unspecified atom stereocenters. The monoisotopic (exact) mass is 256 g/mol. The van der Waals surface area contributed by atoms with E-state index >= 15 is 0 Å². The SMILES string of the molecule is OCCC1CCC(c2cc(F)ccc2Cl)CC1. The van der Waals surface area contributed by atoms with Crippen LogP contribution in [0.2, 0.25) is 5.02 Å². The molecule has 1 nitrogen and oxygen atoms in total. The highest BCUT2D eigenvalue weighted by Gasteiger charge is 2.23. The van der Waals surface area contributed by atoms with Crippen LogP contribution in [0.1, 0.15) is 43.6 Å². The normalized spacial score (nSPS) is 24.9. The van der Waals surface area contributed by atoms with Gasteiger partial charge < -0.3 is 5.11 Å². The van der Waals surface area contributed by atoms with Crippen LogP contribution in [-0.4, -0.2) is 11.7 Å². The maximum absolute atomic E-state index is 13.2. The second-order valence-corrected chi connectivity index (χ2v) is 5.30. The fourth-order valence-electron chi connectivity index (χ4n) is 2.77. The van der Waals surface area contributed by atoms with Crippen molar-refractivity contribution >= 4 is 11.6 Å². The third-order valence-electron chi connectivity index (χ3n) is 3.78. The average molecular weight is 257 g/mol. The van der Waals surface area contributed by atoms with Gasteiger partial charge in [0, 0.05) is 11.6 Å². The molecule has 17 heavy (non-hydrogen) atoms. The molecule has 0 saturated heterocycles. The van der Waals surface area contributed by atoms with E-state index in [4.69, 9.17) is 16.7 Å². The van der Waals surface area contributed by atoms with Gasteiger partial charge in [0.2, 0.25) is 0 Å². The van der Waals surface area contributed by atoms with E-state index in [-0.39, 0.29) is 12.4 Å². The summed E-state index contributed by atoms with van der Waals surface area (Å²) in [5.41, 5.74) is 0.953. The van der Waals surface area contributed by atoms with Gasteiger partial charge >= 0.3 is 0 Å². The summed E-state index contributed by atoms with van der Waals surface area (Å²) in [6.45, 7) is 0.274. The van der Waals surface area contributed by atoms with Crippen LogP contribution in [0.4, 0.5) is 4.39 Å². The number of benzene rings is 1. The number of aliphatic hydroxyl groups excluding tert-OH is 1. The van der Waals surface area contributed by atoms with Gasteiger partial charge in [0.05, 0.1) is 0 Å². The smallest absolute Gasteiger partial charge is 0.123 e. The van der Waals surface area contributed by atoms with E-state index in [1.807, 2.05) is 0 Å². The van der Waals surface area contributed by atoms with Crippen LogP contribution >= 0.6 is 11.6 Å². The molecule has 3 heteroatoms. The van der Waals surface area contributed by atoms with Gasteiger partial charge in [0.25, 0.3) is 0 Å². The Morgan fingerprint density at radius 3 is 2.59 bits per heavy atom. The van der Waals surface area contributed by atoms with Gasteiger partial charge in [0.15, 0.2) is 0 Å². The van der Waals surface area contributed by atoms with Crippen LogP contribution in [0.25, 0.3) is 0 Å². The summed E-state index contributed by atoms with van der Waals surface area (Å²) in [7, 11) is 0. The lowest BCUT2D eigenvalue weighted by molar-refractivity contribution is 0.222. The van der Waals surface area contributed by atoms with Gasteiger partial charge in [0.1, 0.15) is 5.82 Å². The second-order valence-electron chi connectivity index (χ2n) is 4.90. The molecular formula is C14H18ClFO. The van der Waals surface area contributed by atoms with Crippen molar-refractivity contribution in [2.45, 2.75) is 38.0 Å². The first-order chi connectivity index (χ1) is 8.20. The molecular weight excluding hydrogens is 239 g/mol. The zero-order valence-electron chi connectivity index (χ0n) is 9.83. The lowest BCUT2D eigenvalue weighted by Gasteiger charge is -2.28. The molecule has 0 radical (unpaired) electrons. The predicted molar refractivity (Wildman–Crippen MR) is 67.8 cm³/mol. The maximum atomic E-state index is 13.2. The number of hydrogen-bond acceptors (Lipinski definition) is 1. The van der Waals surface area contributed by atoms with Crippen molar-refractivity contribution in [1.82, 2.24) is 0 Å². The quantitative estimate of drug-likeness (QED) is 0.862. The van der Waals surface area contributed by atoms with Gasteiger partial charge in [-0.1, -0.05) is 11.6 Å². The Morgan fingerprint density at radius 2 is 1.94 bits per heavy atom. The molecule has 0 spiro atoms. The highest BCUT2D eigenvalue weighted by atomic mass is 35.5. The summed E-state index contributed by atoms with van der Waals surface area (Å²) in [6.07, 6.45) is 5.21. The van der Waals surface area contributed by atoms with Crippen molar-refractivity contribution in [2.75, 3.05) is 6.61 Å². The Balaban J connectivity index is 2.02. The fourth-order valence-corrected chi connectivity index (χ4v) is 3.04. The molecule has 0 aliphatic heterocycles. The van der Waals surface area contributed by atoms with E-state index in [0.29, 0.717) is 16.9 Å². The van der Waals surface area contributed by atoms with E-state index in [1.165, 1.54) is 6.07 Å². The lowest BCUT2D eigenvalue weighted by Crippen LogP contribution is -2.14. The van der Waals surface area contributed by atoms with E-state index in [9.17, 15) is 4.39 Å². The van der Waals surface area contributed by atoms with Gasteiger partial charge in [-0.15, -0.1) is 0 Å². The van der Waals surface area contributed by atoms with Crippen LogP contribution in [0.15, 0.2) is 18.2 Å². The fraction of sp³-hybridized carbons (Fsp3) is 0.571. The van der Waals surface area contributed by atoms with Crippen molar-refractivity contribution in [3.8, 4) is 0 Å². The van der Waals surface area contributed by atoms with E-state index in [0.717, 1.165) is 37.7 Å². The van der Waals surface area contributed by atoms with Crippen molar-refractivity contribution in [1.29, 1.82) is 0 Å². The number of halogens is 2.